The van der Waals surface area contributed by atoms with Crippen LogP contribution >= 0.6 is 0 Å². The van der Waals surface area contributed by atoms with Gasteiger partial charge in [-0.2, -0.15) is 0 Å². The van der Waals surface area contributed by atoms with Gasteiger partial charge in [-0.05, 0) is 28.7 Å². The number of aromatic carboxylic acids is 1. The number of hydrogen-bond acceptors (Lipinski definition) is 1. The molecule has 0 fully saturated rings. The molecule has 0 aliphatic heterocycles. The molecule has 98 valence electrons. The summed E-state index contributed by atoms with van der Waals surface area (Å²) in [5.74, 6) is -1.56. The summed E-state index contributed by atoms with van der Waals surface area (Å²) in [4.78, 5) is 11.2. The Balaban J connectivity index is 2.53. The smallest absolute Gasteiger partial charge is 0.339 e. The molecular formula is C16H15FO2. The third kappa shape index (κ3) is 2.65. The Hall–Kier alpha value is -2.16. The minimum Gasteiger partial charge on any atom is -0.478 e. The van der Waals surface area contributed by atoms with Gasteiger partial charge < -0.3 is 5.11 Å². The first-order chi connectivity index (χ1) is 9.00. The van der Waals surface area contributed by atoms with E-state index in [2.05, 4.69) is 13.8 Å². The van der Waals surface area contributed by atoms with Crippen LogP contribution in [0, 0.1) is 5.82 Å². The molecule has 1 N–H and O–H groups in total. The van der Waals surface area contributed by atoms with Gasteiger partial charge in [-0.1, -0.05) is 50.2 Å². The van der Waals surface area contributed by atoms with Crippen molar-refractivity contribution in [3.05, 3.63) is 59.4 Å². The number of rotatable bonds is 3. The molecule has 0 saturated carbocycles. The Bertz CT molecular complexity index is 601. The van der Waals surface area contributed by atoms with Crippen molar-refractivity contribution < 1.29 is 14.3 Å². The first-order valence-corrected chi connectivity index (χ1v) is 6.13. The molecule has 0 spiro atoms. The van der Waals surface area contributed by atoms with Gasteiger partial charge in [-0.15, -0.1) is 0 Å². The molecule has 3 heteroatoms. The van der Waals surface area contributed by atoms with Crippen LogP contribution in [0.4, 0.5) is 4.39 Å². The summed E-state index contributed by atoms with van der Waals surface area (Å²) in [5.41, 5.74) is 2.00. The minimum absolute atomic E-state index is 0.278. The topological polar surface area (TPSA) is 37.3 Å². The molecule has 2 aromatic rings. The third-order valence-corrected chi connectivity index (χ3v) is 3.12. The fourth-order valence-electron chi connectivity index (χ4n) is 2.03. The Morgan fingerprint density at radius 1 is 1.11 bits per heavy atom. The Morgan fingerprint density at radius 3 is 2.26 bits per heavy atom. The number of carboxylic acid groups (broad SMARTS) is 1. The number of halogens is 1. The van der Waals surface area contributed by atoms with Crippen molar-refractivity contribution in [1.82, 2.24) is 0 Å². The van der Waals surface area contributed by atoms with Crippen LogP contribution in [-0.2, 0) is 0 Å². The summed E-state index contributed by atoms with van der Waals surface area (Å²) in [5, 5.41) is 9.11. The maximum atomic E-state index is 13.6. The average molecular weight is 258 g/mol. The van der Waals surface area contributed by atoms with E-state index in [9.17, 15) is 9.18 Å². The molecule has 2 aromatic carbocycles. The van der Waals surface area contributed by atoms with E-state index in [1.54, 1.807) is 6.07 Å². The lowest BCUT2D eigenvalue weighted by Crippen LogP contribution is -2.03. The van der Waals surface area contributed by atoms with Gasteiger partial charge in [0.05, 0.1) is 0 Å². The summed E-state index contributed by atoms with van der Waals surface area (Å²) in [6.45, 7) is 4.17. The standard InChI is InChI=1S/C16H15FO2/c1-10(2)11-6-8-12(9-7-11)13-4-3-5-14(17)15(13)16(18)19/h3-10H,1-2H3,(H,18,19). The number of carbonyl (C=O) groups is 1. The van der Waals surface area contributed by atoms with E-state index in [1.165, 1.54) is 6.07 Å². The van der Waals surface area contributed by atoms with Crippen LogP contribution < -0.4 is 0 Å². The second kappa shape index (κ2) is 5.22. The van der Waals surface area contributed by atoms with Crippen LogP contribution in [0.2, 0.25) is 0 Å². The van der Waals surface area contributed by atoms with Crippen LogP contribution in [-0.4, -0.2) is 11.1 Å². The van der Waals surface area contributed by atoms with Crippen LogP contribution in [0.25, 0.3) is 11.1 Å². The lowest BCUT2D eigenvalue weighted by molar-refractivity contribution is 0.0693. The fraction of sp³-hybridized carbons (Fsp3) is 0.188. The van der Waals surface area contributed by atoms with Crippen molar-refractivity contribution in [3.8, 4) is 11.1 Å². The largest absolute Gasteiger partial charge is 0.478 e. The zero-order valence-corrected chi connectivity index (χ0v) is 10.9. The van der Waals surface area contributed by atoms with Gasteiger partial charge in [0.15, 0.2) is 0 Å². The van der Waals surface area contributed by atoms with Crippen LogP contribution in [0.3, 0.4) is 0 Å². The normalized spacial score (nSPS) is 10.7. The van der Waals surface area contributed by atoms with E-state index < -0.39 is 11.8 Å². The molecule has 2 rings (SSSR count). The molecule has 0 amide bonds. The maximum absolute atomic E-state index is 13.6. The zero-order chi connectivity index (χ0) is 14.0. The summed E-state index contributed by atoms with van der Waals surface area (Å²) in [7, 11) is 0. The molecule has 19 heavy (non-hydrogen) atoms. The lowest BCUT2D eigenvalue weighted by Gasteiger charge is -2.09. The van der Waals surface area contributed by atoms with E-state index in [0.29, 0.717) is 17.0 Å². The predicted octanol–water partition coefficient (Wildman–Crippen LogP) is 4.31. The molecule has 2 nitrogen and oxygen atoms in total. The van der Waals surface area contributed by atoms with Gasteiger partial charge in [-0.25, -0.2) is 9.18 Å². The highest BCUT2D eigenvalue weighted by Gasteiger charge is 2.16. The number of hydrogen-bond donors (Lipinski definition) is 1. The number of benzene rings is 2. The highest BCUT2D eigenvalue weighted by Crippen LogP contribution is 2.27. The van der Waals surface area contributed by atoms with Crippen molar-refractivity contribution in [1.29, 1.82) is 0 Å². The molecule has 0 aliphatic carbocycles. The molecule has 0 radical (unpaired) electrons. The van der Waals surface area contributed by atoms with E-state index in [1.807, 2.05) is 24.3 Å². The van der Waals surface area contributed by atoms with Crippen molar-refractivity contribution in [2.24, 2.45) is 0 Å². The van der Waals surface area contributed by atoms with Gasteiger partial charge >= 0.3 is 5.97 Å². The molecule has 0 aliphatic rings. The van der Waals surface area contributed by atoms with Crippen molar-refractivity contribution in [2.75, 3.05) is 0 Å². The van der Waals surface area contributed by atoms with E-state index in [0.717, 1.165) is 11.6 Å². The lowest BCUT2D eigenvalue weighted by atomic mass is 9.96. The summed E-state index contributed by atoms with van der Waals surface area (Å²) < 4.78 is 13.6. The van der Waals surface area contributed by atoms with Crippen LogP contribution in [0.15, 0.2) is 42.5 Å². The van der Waals surface area contributed by atoms with Crippen molar-refractivity contribution in [2.45, 2.75) is 19.8 Å². The van der Waals surface area contributed by atoms with Crippen LogP contribution in [0.5, 0.6) is 0 Å². The predicted molar refractivity (Wildman–Crippen MR) is 72.9 cm³/mol. The van der Waals surface area contributed by atoms with Crippen LogP contribution in [0.1, 0.15) is 35.7 Å². The van der Waals surface area contributed by atoms with Gasteiger partial charge in [0.2, 0.25) is 0 Å². The molecule has 0 saturated heterocycles. The average Bonchev–Trinajstić information content (AvgIpc) is 2.38. The van der Waals surface area contributed by atoms with Crippen molar-refractivity contribution in [3.63, 3.8) is 0 Å². The highest BCUT2D eigenvalue weighted by atomic mass is 19.1. The van der Waals surface area contributed by atoms with Gasteiger partial charge in [0.1, 0.15) is 11.4 Å². The Kier molecular flexibility index (Phi) is 3.65. The van der Waals surface area contributed by atoms with E-state index >= 15 is 0 Å². The maximum Gasteiger partial charge on any atom is 0.339 e. The SMILES string of the molecule is CC(C)c1ccc(-c2cccc(F)c2C(=O)O)cc1. The second-order valence-electron chi connectivity index (χ2n) is 4.74. The molecule has 0 bridgehead atoms. The number of carboxylic acids is 1. The first kappa shape index (κ1) is 13.3. The Morgan fingerprint density at radius 2 is 1.74 bits per heavy atom. The molecule has 0 heterocycles. The van der Waals surface area contributed by atoms with E-state index in [4.69, 9.17) is 5.11 Å². The van der Waals surface area contributed by atoms with Crippen molar-refractivity contribution >= 4 is 5.97 Å². The Labute approximate surface area is 111 Å². The molecule has 0 atom stereocenters. The molecule has 0 aromatic heterocycles. The van der Waals surface area contributed by atoms with Gasteiger partial charge in [0.25, 0.3) is 0 Å². The quantitative estimate of drug-likeness (QED) is 0.890. The molecular weight excluding hydrogens is 243 g/mol. The van der Waals surface area contributed by atoms with Gasteiger partial charge in [-0.3, -0.25) is 0 Å². The van der Waals surface area contributed by atoms with Gasteiger partial charge in [0, 0.05) is 0 Å². The highest BCUT2D eigenvalue weighted by molar-refractivity contribution is 5.96. The monoisotopic (exact) mass is 258 g/mol. The minimum atomic E-state index is -1.25. The molecule has 0 unspecified atom stereocenters. The summed E-state index contributed by atoms with van der Waals surface area (Å²) >= 11 is 0. The first-order valence-electron chi connectivity index (χ1n) is 6.13. The summed E-state index contributed by atoms with van der Waals surface area (Å²) in [6.07, 6.45) is 0. The third-order valence-electron chi connectivity index (χ3n) is 3.12. The fourth-order valence-corrected chi connectivity index (χ4v) is 2.03. The zero-order valence-electron chi connectivity index (χ0n) is 10.9. The van der Waals surface area contributed by atoms with E-state index in [-0.39, 0.29) is 5.56 Å². The summed E-state index contributed by atoms with van der Waals surface area (Å²) in [6, 6.07) is 11.8. The second-order valence-corrected chi connectivity index (χ2v) is 4.74.